The lowest BCUT2D eigenvalue weighted by atomic mass is 10.1. The van der Waals surface area contributed by atoms with E-state index in [-0.39, 0.29) is 5.56 Å². The van der Waals surface area contributed by atoms with Gasteiger partial charge in [0.25, 0.3) is 5.56 Å². The van der Waals surface area contributed by atoms with Crippen molar-refractivity contribution in [2.75, 3.05) is 12.8 Å². The summed E-state index contributed by atoms with van der Waals surface area (Å²) < 4.78 is 5.37. The van der Waals surface area contributed by atoms with E-state index < -0.39 is 0 Å². The van der Waals surface area contributed by atoms with Crippen molar-refractivity contribution in [3.63, 3.8) is 0 Å². The molecule has 3 heterocycles. The van der Waals surface area contributed by atoms with Gasteiger partial charge in [-0.3, -0.25) is 9.69 Å². The average molecular weight is 355 g/mol. The normalized spacial score (nSPS) is 14.4. The summed E-state index contributed by atoms with van der Waals surface area (Å²) in [4.78, 5) is 26.1. The number of aromatic amines is 1. The number of aromatic nitrogens is 4. The van der Waals surface area contributed by atoms with E-state index in [2.05, 4.69) is 25.0 Å². The van der Waals surface area contributed by atoms with Crippen LogP contribution in [0.1, 0.15) is 17.1 Å². The zero-order valence-electron chi connectivity index (χ0n) is 13.7. The molecule has 128 valence electrons. The van der Waals surface area contributed by atoms with Crippen molar-refractivity contribution in [2.45, 2.75) is 24.7 Å². The standard InChI is InChI=1S/C17H17N5O2S/c1-25-17-18-13-7-8-22(9-12(13)16(23)20-17)10-14-19-15(21-24-14)11-5-3-2-4-6-11/h2-6H,7-10H2,1H3,(H,18,20,23). The van der Waals surface area contributed by atoms with Crippen LogP contribution in [0.2, 0.25) is 0 Å². The molecular weight excluding hydrogens is 338 g/mol. The highest BCUT2D eigenvalue weighted by molar-refractivity contribution is 7.98. The molecule has 1 aliphatic heterocycles. The highest BCUT2D eigenvalue weighted by atomic mass is 32.2. The first-order valence-electron chi connectivity index (χ1n) is 7.99. The Bertz CT molecular complexity index is 938. The summed E-state index contributed by atoms with van der Waals surface area (Å²) in [6.45, 7) is 1.86. The van der Waals surface area contributed by atoms with Gasteiger partial charge in [-0.2, -0.15) is 4.98 Å². The van der Waals surface area contributed by atoms with E-state index in [9.17, 15) is 4.79 Å². The number of thioether (sulfide) groups is 1. The first-order valence-corrected chi connectivity index (χ1v) is 9.22. The molecular formula is C17H17N5O2S. The topological polar surface area (TPSA) is 87.9 Å². The van der Waals surface area contributed by atoms with Crippen LogP contribution in [0.15, 0.2) is 44.8 Å². The Morgan fingerprint density at radius 2 is 2.12 bits per heavy atom. The van der Waals surface area contributed by atoms with Crippen molar-refractivity contribution < 1.29 is 4.52 Å². The lowest BCUT2D eigenvalue weighted by Gasteiger charge is -2.26. The number of nitrogens with zero attached hydrogens (tertiary/aromatic N) is 4. The van der Waals surface area contributed by atoms with Crippen LogP contribution in [0.25, 0.3) is 11.4 Å². The van der Waals surface area contributed by atoms with E-state index in [0.717, 1.165) is 29.8 Å². The van der Waals surface area contributed by atoms with Gasteiger partial charge in [-0.25, -0.2) is 4.98 Å². The molecule has 1 aliphatic rings. The molecule has 0 unspecified atom stereocenters. The fourth-order valence-corrected chi connectivity index (χ4v) is 3.30. The SMILES string of the molecule is CSc1nc2c(c(=O)[nH]1)CN(Cc1nc(-c3ccccc3)no1)CC2. The molecule has 0 atom stereocenters. The van der Waals surface area contributed by atoms with Crippen LogP contribution in [-0.2, 0) is 19.5 Å². The predicted molar refractivity (Wildman–Crippen MR) is 94.2 cm³/mol. The summed E-state index contributed by atoms with van der Waals surface area (Å²) in [5.74, 6) is 1.13. The summed E-state index contributed by atoms with van der Waals surface area (Å²) in [6, 6.07) is 9.72. The lowest BCUT2D eigenvalue weighted by Crippen LogP contribution is -2.35. The number of rotatable bonds is 4. The second kappa shape index (κ2) is 6.81. The number of hydrogen-bond donors (Lipinski definition) is 1. The van der Waals surface area contributed by atoms with Crippen molar-refractivity contribution in [3.8, 4) is 11.4 Å². The minimum atomic E-state index is -0.0606. The maximum atomic E-state index is 12.2. The molecule has 0 fully saturated rings. The molecule has 7 nitrogen and oxygen atoms in total. The second-order valence-electron chi connectivity index (χ2n) is 5.84. The van der Waals surface area contributed by atoms with Crippen molar-refractivity contribution in [2.24, 2.45) is 0 Å². The average Bonchev–Trinajstić information content (AvgIpc) is 3.11. The molecule has 4 rings (SSSR count). The highest BCUT2D eigenvalue weighted by Crippen LogP contribution is 2.19. The highest BCUT2D eigenvalue weighted by Gasteiger charge is 2.23. The number of benzene rings is 1. The van der Waals surface area contributed by atoms with Crippen LogP contribution in [0, 0.1) is 0 Å². The summed E-state index contributed by atoms with van der Waals surface area (Å²) >= 11 is 1.45. The molecule has 0 amide bonds. The Morgan fingerprint density at radius 1 is 1.28 bits per heavy atom. The molecule has 0 radical (unpaired) electrons. The van der Waals surface area contributed by atoms with Crippen LogP contribution in [0.5, 0.6) is 0 Å². The Labute approximate surface area is 148 Å². The molecule has 3 aromatic rings. The van der Waals surface area contributed by atoms with Crippen LogP contribution < -0.4 is 5.56 Å². The Hall–Kier alpha value is -2.45. The first-order chi connectivity index (χ1) is 12.2. The molecule has 0 saturated heterocycles. The molecule has 0 bridgehead atoms. The lowest BCUT2D eigenvalue weighted by molar-refractivity contribution is 0.207. The van der Waals surface area contributed by atoms with Gasteiger partial charge in [0.05, 0.1) is 17.8 Å². The molecule has 0 saturated carbocycles. The smallest absolute Gasteiger partial charge is 0.256 e. The van der Waals surface area contributed by atoms with Crippen LogP contribution >= 0.6 is 11.8 Å². The van der Waals surface area contributed by atoms with E-state index in [1.165, 1.54) is 11.8 Å². The maximum absolute atomic E-state index is 12.2. The van der Waals surface area contributed by atoms with Gasteiger partial charge in [0, 0.05) is 25.1 Å². The third-order valence-corrected chi connectivity index (χ3v) is 4.76. The Balaban J connectivity index is 1.50. The van der Waals surface area contributed by atoms with E-state index in [0.29, 0.717) is 30.0 Å². The maximum Gasteiger partial charge on any atom is 0.256 e. The minimum absolute atomic E-state index is 0.0606. The van der Waals surface area contributed by atoms with E-state index in [4.69, 9.17) is 4.52 Å². The predicted octanol–water partition coefficient (Wildman–Crippen LogP) is 2.10. The summed E-state index contributed by atoms with van der Waals surface area (Å²) in [5, 5.41) is 4.71. The van der Waals surface area contributed by atoms with Gasteiger partial charge in [0.15, 0.2) is 5.16 Å². The molecule has 2 aromatic heterocycles. The molecule has 1 aromatic carbocycles. The second-order valence-corrected chi connectivity index (χ2v) is 6.63. The Morgan fingerprint density at radius 3 is 2.92 bits per heavy atom. The van der Waals surface area contributed by atoms with E-state index >= 15 is 0 Å². The zero-order valence-corrected chi connectivity index (χ0v) is 14.5. The van der Waals surface area contributed by atoms with Gasteiger partial charge < -0.3 is 9.51 Å². The summed E-state index contributed by atoms with van der Waals surface area (Å²) in [6.07, 6.45) is 2.65. The third kappa shape index (κ3) is 3.35. The Kier molecular flexibility index (Phi) is 4.37. The number of nitrogens with one attached hydrogen (secondary N) is 1. The molecule has 8 heteroatoms. The fraction of sp³-hybridized carbons (Fsp3) is 0.294. The quantitative estimate of drug-likeness (QED) is 0.566. The van der Waals surface area contributed by atoms with Crippen molar-refractivity contribution in [1.29, 1.82) is 0 Å². The van der Waals surface area contributed by atoms with E-state index in [1.807, 2.05) is 36.6 Å². The fourth-order valence-electron chi connectivity index (χ4n) is 2.90. The van der Waals surface area contributed by atoms with Crippen LogP contribution in [0.4, 0.5) is 0 Å². The largest absolute Gasteiger partial charge is 0.338 e. The third-order valence-electron chi connectivity index (χ3n) is 4.18. The number of hydrogen-bond acceptors (Lipinski definition) is 7. The van der Waals surface area contributed by atoms with Crippen LogP contribution in [0.3, 0.4) is 0 Å². The molecule has 0 aliphatic carbocycles. The number of fused-ring (bicyclic) bond motifs is 1. The van der Waals surface area contributed by atoms with Gasteiger partial charge in [-0.05, 0) is 6.26 Å². The van der Waals surface area contributed by atoms with Gasteiger partial charge in [-0.15, -0.1) is 0 Å². The molecule has 0 spiro atoms. The molecule has 25 heavy (non-hydrogen) atoms. The van der Waals surface area contributed by atoms with Gasteiger partial charge in [-0.1, -0.05) is 47.3 Å². The van der Waals surface area contributed by atoms with E-state index in [1.54, 1.807) is 0 Å². The van der Waals surface area contributed by atoms with Gasteiger partial charge in [0.2, 0.25) is 11.7 Å². The summed E-state index contributed by atoms with van der Waals surface area (Å²) in [5.41, 5.74) is 2.48. The zero-order chi connectivity index (χ0) is 17.2. The van der Waals surface area contributed by atoms with Gasteiger partial charge >= 0.3 is 0 Å². The van der Waals surface area contributed by atoms with Gasteiger partial charge in [0.1, 0.15) is 0 Å². The van der Waals surface area contributed by atoms with Crippen molar-refractivity contribution in [3.05, 3.63) is 57.8 Å². The number of H-pyrrole nitrogens is 1. The summed E-state index contributed by atoms with van der Waals surface area (Å²) in [7, 11) is 0. The first kappa shape index (κ1) is 16.0. The van der Waals surface area contributed by atoms with Crippen LogP contribution in [-0.4, -0.2) is 37.8 Å². The molecule has 1 N–H and O–H groups in total. The minimum Gasteiger partial charge on any atom is -0.338 e. The van der Waals surface area contributed by atoms with Crippen molar-refractivity contribution >= 4 is 11.8 Å². The monoisotopic (exact) mass is 355 g/mol. The van der Waals surface area contributed by atoms with Crippen molar-refractivity contribution in [1.82, 2.24) is 25.0 Å².